The van der Waals surface area contributed by atoms with Gasteiger partial charge in [-0.2, -0.15) is 26.3 Å². The first-order valence-corrected chi connectivity index (χ1v) is 36.2. The van der Waals surface area contributed by atoms with Crippen LogP contribution < -0.4 is 21.3 Å². The molecule has 6 rings (SSSR count). The summed E-state index contributed by atoms with van der Waals surface area (Å²) in [6.45, 7) is 13.6. The number of nitrogens with one attached hydrogen (secondary N) is 4. The molecule has 0 radical (unpaired) electrons. The minimum absolute atomic E-state index is 0.00314. The third kappa shape index (κ3) is 21.8. The molecule has 4 aliphatic rings. The summed E-state index contributed by atoms with van der Waals surface area (Å²) in [5, 5.41) is 10.4. The number of hydrogen-bond donors (Lipinski definition) is 4. The van der Waals surface area contributed by atoms with Crippen LogP contribution in [0.5, 0.6) is 0 Å². The first-order chi connectivity index (χ1) is 48.9. The van der Waals surface area contributed by atoms with E-state index in [9.17, 15) is 74.3 Å². The van der Waals surface area contributed by atoms with Gasteiger partial charge in [0.25, 0.3) is 0 Å². The smallest absolute Gasteiger partial charge is 0.378 e. The summed E-state index contributed by atoms with van der Waals surface area (Å²) >= 11 is 6.08. The summed E-state index contributed by atoms with van der Waals surface area (Å²) in [4.78, 5) is 186. The van der Waals surface area contributed by atoms with E-state index in [1.165, 1.54) is 64.5 Å². The Hall–Kier alpha value is -8.09. The van der Waals surface area contributed by atoms with Gasteiger partial charge in [-0.05, 0) is 118 Å². The Kier molecular flexibility index (Phi) is 30.8. The van der Waals surface area contributed by atoms with Crippen molar-refractivity contribution in [3.8, 4) is 0 Å². The van der Waals surface area contributed by atoms with Crippen molar-refractivity contribution in [2.75, 3.05) is 87.2 Å². The number of ether oxygens (including phenoxy) is 1. The first kappa shape index (κ1) is 84.8. The van der Waals surface area contributed by atoms with Crippen LogP contribution in [0.1, 0.15) is 148 Å². The normalized spacial score (nSPS) is 25.6. The summed E-state index contributed by atoms with van der Waals surface area (Å²) in [6.07, 6.45) is -9.17. The van der Waals surface area contributed by atoms with Crippen molar-refractivity contribution in [3.63, 3.8) is 0 Å². The van der Waals surface area contributed by atoms with Gasteiger partial charge in [0.1, 0.15) is 54.4 Å². The van der Waals surface area contributed by atoms with E-state index in [0.717, 1.165) is 52.3 Å². The molecule has 0 bridgehead atoms. The van der Waals surface area contributed by atoms with E-state index in [1.54, 1.807) is 27.7 Å². The van der Waals surface area contributed by atoms with Crippen molar-refractivity contribution in [2.24, 2.45) is 17.8 Å². The maximum Gasteiger partial charge on any atom is 0.417 e. The van der Waals surface area contributed by atoms with E-state index in [4.69, 9.17) is 16.3 Å². The van der Waals surface area contributed by atoms with Crippen LogP contribution in [-0.2, 0) is 87.5 Å². The second-order valence-corrected chi connectivity index (χ2v) is 28.6. The molecule has 12 amide bonds. The van der Waals surface area contributed by atoms with Gasteiger partial charge in [-0.25, -0.2) is 0 Å². The SMILES string of the molecule is CC[C@H](C)C1NC(=O)[C@H](CC(C)C)N(CC)C(=O)C[C@@H](C(=O)N2CCOCC2)N(C)C(=O)C([C@@H](C)CC)N(C)C(=O)CCCCNC(=O)[C@@H]2CCCN2C(=O)[C@H](CCc2ccc(C(F)(F)F)c(Cl)c2)NC(=O)CN(C)C(=O)[C@H](Cc2ccc(C(F)(F)F)cc2)N(C)C(=O)[C@@H]2CCN2C(=O)C(C)NC1=O. The highest BCUT2D eigenvalue weighted by molar-refractivity contribution is 6.31. The molecule has 4 saturated heterocycles. The average Bonchev–Trinajstić information content (AvgIpc) is 0.893. The molecular formula is C72H103ClF6N12O13. The predicted molar refractivity (Wildman–Crippen MR) is 372 cm³/mol. The zero-order valence-electron chi connectivity index (χ0n) is 61.6. The lowest BCUT2D eigenvalue weighted by atomic mass is 9.94. The minimum atomic E-state index is -4.79. The summed E-state index contributed by atoms with van der Waals surface area (Å²) in [7, 11) is 5.31. The number of morpholine rings is 1. The number of aryl methyl sites for hydroxylation is 1. The summed E-state index contributed by atoms with van der Waals surface area (Å²) < 4.78 is 88.3. The van der Waals surface area contributed by atoms with Crippen LogP contribution in [0.2, 0.25) is 5.02 Å². The van der Waals surface area contributed by atoms with E-state index in [-0.39, 0.29) is 121 Å². The molecule has 4 fully saturated rings. The molecule has 4 aliphatic heterocycles. The number of rotatable bonds is 13. The lowest BCUT2D eigenvalue weighted by Gasteiger charge is -2.44. The minimum Gasteiger partial charge on any atom is -0.378 e. The van der Waals surface area contributed by atoms with Gasteiger partial charge in [-0.3, -0.25) is 57.5 Å². The predicted octanol–water partition coefficient (Wildman–Crippen LogP) is 5.46. The van der Waals surface area contributed by atoms with Crippen molar-refractivity contribution >= 4 is 82.5 Å². The van der Waals surface area contributed by atoms with Crippen LogP contribution >= 0.6 is 11.6 Å². The maximum absolute atomic E-state index is 15.1. The molecule has 0 saturated carbocycles. The number of halogens is 7. The van der Waals surface area contributed by atoms with Crippen LogP contribution in [0.15, 0.2) is 42.5 Å². The highest BCUT2D eigenvalue weighted by Gasteiger charge is 2.47. The Bertz CT molecular complexity index is 3400. The molecule has 25 nitrogen and oxygen atoms in total. The standard InChI is InChI=1S/C72H103ClF6N12O13/c1-13-43(6)60-64(97)81-45(8)65(98)91-32-29-53(91)68(101)85(10)55(39-47-21-25-48(26-22-47)71(74,75)76)67(100)84(9)41-57(92)82-51(28-24-46-23-27-49(50(73)38-46)72(77,78)79)66(99)90-31-18-19-52(90)62(95)80-30-17-16-20-58(93)87(12)61(44(7)14-2)70(103)86(11)56(69(102)88-33-35-104-36-34-88)40-59(94)89(15-3)54(37-42(4)5)63(96)83-60/h21-23,25-27,38,42-45,51-56,60-61H,13-20,24,28-37,39-41H2,1-12H3,(H,80,95)(H,81,97)(H,82,92)(H,83,96)/t43-,44-,45?,51-,52-,53-,54-,55-,56-,60?,61?/m0/s1. The van der Waals surface area contributed by atoms with Gasteiger partial charge in [0.05, 0.1) is 42.3 Å². The molecule has 0 spiro atoms. The number of carbonyl (C=O) groups is 12. The number of likely N-dealkylation sites (N-methyl/N-ethyl adjacent to an activating group) is 5. The molecule has 4 N–H and O–H groups in total. The fourth-order valence-corrected chi connectivity index (χ4v) is 13.9. The second-order valence-electron chi connectivity index (χ2n) is 28.2. The molecule has 2 aromatic rings. The van der Waals surface area contributed by atoms with Gasteiger partial charge in [-0.15, -0.1) is 0 Å². The zero-order chi connectivity index (χ0) is 77.4. The third-order valence-corrected chi connectivity index (χ3v) is 20.7. The van der Waals surface area contributed by atoms with Gasteiger partial charge in [0.15, 0.2) is 0 Å². The topological polar surface area (TPSA) is 288 Å². The number of fused-ring (bicyclic) bond motifs is 2. The summed E-state index contributed by atoms with van der Waals surface area (Å²) in [6, 6.07) is -5.03. The van der Waals surface area contributed by atoms with E-state index < -0.39 is 185 Å². The van der Waals surface area contributed by atoms with E-state index >= 15 is 9.59 Å². The van der Waals surface area contributed by atoms with Gasteiger partial charge >= 0.3 is 12.4 Å². The zero-order valence-corrected chi connectivity index (χ0v) is 62.3. The molecule has 0 aromatic heterocycles. The number of carbonyl (C=O) groups excluding carboxylic acids is 12. The van der Waals surface area contributed by atoms with Gasteiger partial charge in [-0.1, -0.05) is 84.2 Å². The van der Waals surface area contributed by atoms with E-state index in [2.05, 4.69) is 21.3 Å². The second kappa shape index (κ2) is 37.7. The quantitative estimate of drug-likeness (QED) is 0.181. The highest BCUT2D eigenvalue weighted by Crippen LogP contribution is 2.36. The lowest BCUT2D eigenvalue weighted by Crippen LogP contribution is -2.65. The lowest BCUT2D eigenvalue weighted by molar-refractivity contribution is -0.157. The van der Waals surface area contributed by atoms with Crippen LogP contribution in [0.25, 0.3) is 0 Å². The average molecular weight is 1490 g/mol. The molecule has 0 aliphatic carbocycles. The number of nitrogens with zero attached hydrogens (tertiary/aromatic N) is 8. The van der Waals surface area contributed by atoms with Gasteiger partial charge < -0.3 is 65.2 Å². The fourth-order valence-electron chi connectivity index (χ4n) is 13.6. The van der Waals surface area contributed by atoms with Crippen molar-refractivity contribution < 1.29 is 88.6 Å². The number of alkyl halides is 6. The van der Waals surface area contributed by atoms with Gasteiger partial charge in [0, 0.05) is 80.3 Å². The van der Waals surface area contributed by atoms with E-state index in [1.807, 2.05) is 20.8 Å². The Morgan fingerprint density at radius 1 is 0.635 bits per heavy atom. The monoisotopic (exact) mass is 1490 g/mol. The largest absolute Gasteiger partial charge is 0.417 e. The first-order valence-electron chi connectivity index (χ1n) is 35.9. The third-order valence-electron chi connectivity index (χ3n) is 20.4. The molecule has 3 unspecified atom stereocenters. The number of amides is 12. The Balaban J connectivity index is 1.38. The summed E-state index contributed by atoms with van der Waals surface area (Å²) in [5.41, 5.74) is -1.72. The molecule has 104 heavy (non-hydrogen) atoms. The van der Waals surface area contributed by atoms with Gasteiger partial charge in [0.2, 0.25) is 70.9 Å². The van der Waals surface area contributed by atoms with Crippen molar-refractivity contribution in [3.05, 3.63) is 69.7 Å². The Morgan fingerprint density at radius 2 is 1.27 bits per heavy atom. The Labute approximate surface area is 609 Å². The van der Waals surface area contributed by atoms with Crippen LogP contribution in [0.4, 0.5) is 26.3 Å². The van der Waals surface area contributed by atoms with Crippen LogP contribution in [0, 0.1) is 17.8 Å². The van der Waals surface area contributed by atoms with E-state index in [0.29, 0.717) is 19.3 Å². The Morgan fingerprint density at radius 3 is 1.85 bits per heavy atom. The molecule has 2 aromatic carbocycles. The van der Waals surface area contributed by atoms with Crippen molar-refractivity contribution in [1.29, 1.82) is 0 Å². The summed E-state index contributed by atoms with van der Waals surface area (Å²) in [5.74, 6) is -9.84. The highest BCUT2D eigenvalue weighted by atomic mass is 35.5. The number of hydrogen-bond acceptors (Lipinski definition) is 13. The van der Waals surface area contributed by atoms with Crippen LogP contribution in [0.3, 0.4) is 0 Å². The fraction of sp³-hybridized carbons (Fsp3) is 0.667. The molecule has 4 heterocycles. The molecular weight excluding hydrogens is 1390 g/mol. The van der Waals surface area contributed by atoms with Crippen LogP contribution in [-0.4, -0.2) is 252 Å². The van der Waals surface area contributed by atoms with Crippen molar-refractivity contribution in [2.45, 2.75) is 206 Å². The maximum atomic E-state index is 15.1. The number of benzene rings is 2. The molecule has 578 valence electrons. The molecule has 11 atom stereocenters. The molecule has 32 heteroatoms. The van der Waals surface area contributed by atoms with Crippen molar-refractivity contribution in [1.82, 2.24) is 60.5 Å².